The average molecular weight is 355 g/mol. The lowest BCUT2D eigenvalue weighted by atomic mass is 9.93. The van der Waals surface area contributed by atoms with Crippen molar-refractivity contribution in [1.29, 1.82) is 0 Å². The first-order valence-electron chi connectivity index (χ1n) is 8.80. The molecule has 2 aromatic rings. The molecule has 1 aliphatic carbocycles. The highest BCUT2D eigenvalue weighted by Gasteiger charge is 2.20. The van der Waals surface area contributed by atoms with Gasteiger partial charge >= 0.3 is 0 Å². The Kier molecular flexibility index (Phi) is 4.62. The summed E-state index contributed by atoms with van der Waals surface area (Å²) in [6.45, 7) is 0.195. The lowest BCUT2D eigenvalue weighted by Gasteiger charge is -2.26. The van der Waals surface area contributed by atoms with Crippen molar-refractivity contribution < 1.29 is 19.4 Å². The van der Waals surface area contributed by atoms with Gasteiger partial charge in [-0.05, 0) is 49.9 Å². The minimum absolute atomic E-state index is 0.195. The number of fused-ring (bicyclic) bond motifs is 1. The molecule has 2 aliphatic rings. The number of hydrogen-bond donors (Lipinski definition) is 3. The predicted molar refractivity (Wildman–Crippen MR) is 96.6 cm³/mol. The minimum atomic E-state index is -0.286. The molecule has 26 heavy (non-hydrogen) atoms. The number of rotatable bonds is 4. The molecule has 0 saturated heterocycles. The summed E-state index contributed by atoms with van der Waals surface area (Å²) >= 11 is 0. The summed E-state index contributed by atoms with van der Waals surface area (Å²) < 4.78 is 10.6. The Labute approximate surface area is 151 Å². The van der Waals surface area contributed by atoms with Gasteiger partial charge in [0, 0.05) is 17.8 Å². The molecular weight excluding hydrogens is 334 g/mol. The number of aromatic nitrogens is 1. The number of pyridine rings is 1. The number of amides is 1. The normalized spacial score (nSPS) is 21.3. The van der Waals surface area contributed by atoms with Gasteiger partial charge in [-0.25, -0.2) is 4.98 Å². The molecular formula is C19H21N3O4. The molecule has 3 N–H and O–H groups in total. The van der Waals surface area contributed by atoms with Crippen molar-refractivity contribution in [3.8, 4) is 11.5 Å². The van der Waals surface area contributed by atoms with E-state index in [0.717, 1.165) is 25.7 Å². The maximum absolute atomic E-state index is 12.5. The monoisotopic (exact) mass is 355 g/mol. The van der Waals surface area contributed by atoms with E-state index in [1.807, 2.05) is 12.1 Å². The molecule has 1 fully saturated rings. The van der Waals surface area contributed by atoms with E-state index in [1.165, 1.54) is 0 Å². The van der Waals surface area contributed by atoms with E-state index in [0.29, 0.717) is 28.7 Å². The first-order chi connectivity index (χ1) is 12.7. The number of nitrogens with one attached hydrogen (secondary N) is 2. The average Bonchev–Trinajstić information content (AvgIpc) is 3.12. The number of aliphatic hydroxyl groups is 1. The van der Waals surface area contributed by atoms with E-state index in [1.54, 1.807) is 24.3 Å². The van der Waals surface area contributed by atoms with Gasteiger partial charge in [0.15, 0.2) is 11.5 Å². The zero-order chi connectivity index (χ0) is 17.9. The van der Waals surface area contributed by atoms with Crippen molar-refractivity contribution >= 4 is 17.4 Å². The quantitative estimate of drug-likeness (QED) is 0.781. The molecule has 7 heteroatoms. The Bertz CT molecular complexity index is 803. The van der Waals surface area contributed by atoms with Crippen LogP contribution in [0.4, 0.5) is 11.5 Å². The first kappa shape index (κ1) is 16.7. The predicted octanol–water partition coefficient (Wildman–Crippen LogP) is 2.78. The smallest absolute Gasteiger partial charge is 0.274 e. The van der Waals surface area contributed by atoms with Crippen molar-refractivity contribution in [2.45, 2.75) is 37.8 Å². The summed E-state index contributed by atoms with van der Waals surface area (Å²) in [5.74, 6) is 1.67. The standard InChI is InChI=1S/C19H21N3O4/c23-14-7-4-12(5-8-14)20-18-3-1-2-15(22-18)19(24)21-13-6-9-16-17(10-13)26-11-25-16/h1-3,6,9-10,12,14,23H,4-5,7-8,11H2,(H,20,22)(H,21,24). The van der Waals surface area contributed by atoms with Crippen LogP contribution in [0.1, 0.15) is 36.2 Å². The lowest BCUT2D eigenvalue weighted by Crippen LogP contribution is -2.28. The Balaban J connectivity index is 1.41. The van der Waals surface area contributed by atoms with E-state index in [4.69, 9.17) is 9.47 Å². The van der Waals surface area contributed by atoms with E-state index in [9.17, 15) is 9.90 Å². The number of ether oxygens (including phenoxy) is 2. The van der Waals surface area contributed by atoms with E-state index in [-0.39, 0.29) is 24.8 Å². The van der Waals surface area contributed by atoms with Crippen LogP contribution in [0, 0.1) is 0 Å². The highest BCUT2D eigenvalue weighted by Crippen LogP contribution is 2.34. The summed E-state index contributed by atoms with van der Waals surface area (Å²) in [5, 5.41) is 15.8. The third kappa shape index (κ3) is 3.72. The van der Waals surface area contributed by atoms with E-state index >= 15 is 0 Å². The van der Waals surface area contributed by atoms with Crippen LogP contribution < -0.4 is 20.1 Å². The zero-order valence-electron chi connectivity index (χ0n) is 14.3. The Hall–Kier alpha value is -2.80. The Morgan fingerprint density at radius 3 is 2.73 bits per heavy atom. The maximum Gasteiger partial charge on any atom is 0.274 e. The molecule has 1 aromatic carbocycles. The van der Waals surface area contributed by atoms with Crippen LogP contribution in [-0.2, 0) is 0 Å². The molecule has 1 aliphatic heterocycles. The summed E-state index contributed by atoms with van der Waals surface area (Å²) in [4.78, 5) is 16.9. The summed E-state index contributed by atoms with van der Waals surface area (Å²) in [7, 11) is 0. The molecule has 0 unspecified atom stereocenters. The van der Waals surface area contributed by atoms with Crippen LogP contribution in [0.2, 0.25) is 0 Å². The molecule has 0 atom stereocenters. The van der Waals surface area contributed by atoms with Gasteiger partial charge in [-0.15, -0.1) is 0 Å². The molecule has 2 heterocycles. The van der Waals surface area contributed by atoms with Crippen LogP contribution in [0.3, 0.4) is 0 Å². The third-order valence-electron chi connectivity index (χ3n) is 4.66. The van der Waals surface area contributed by atoms with Gasteiger partial charge in [-0.3, -0.25) is 4.79 Å². The van der Waals surface area contributed by atoms with Gasteiger partial charge in [0.1, 0.15) is 11.5 Å². The van der Waals surface area contributed by atoms with Crippen LogP contribution in [0.15, 0.2) is 36.4 Å². The van der Waals surface area contributed by atoms with Gasteiger partial charge in [-0.1, -0.05) is 6.07 Å². The number of carbonyl (C=O) groups is 1. The second-order valence-corrected chi connectivity index (χ2v) is 6.58. The molecule has 136 valence electrons. The molecule has 7 nitrogen and oxygen atoms in total. The largest absolute Gasteiger partial charge is 0.454 e. The summed E-state index contributed by atoms with van der Waals surface area (Å²) in [6.07, 6.45) is 3.19. The highest BCUT2D eigenvalue weighted by atomic mass is 16.7. The molecule has 1 aromatic heterocycles. The topological polar surface area (TPSA) is 92.7 Å². The van der Waals surface area contributed by atoms with Crippen LogP contribution in [-0.4, -0.2) is 34.9 Å². The number of carbonyl (C=O) groups excluding carboxylic acids is 1. The fourth-order valence-electron chi connectivity index (χ4n) is 3.24. The maximum atomic E-state index is 12.5. The van der Waals surface area contributed by atoms with Gasteiger partial charge in [-0.2, -0.15) is 0 Å². The SMILES string of the molecule is O=C(Nc1ccc2c(c1)OCO2)c1cccc(NC2CCC(O)CC2)n1. The number of benzene rings is 1. The molecule has 0 bridgehead atoms. The third-order valence-corrected chi connectivity index (χ3v) is 4.66. The van der Waals surface area contributed by atoms with Crippen molar-refractivity contribution in [2.75, 3.05) is 17.4 Å². The number of hydrogen-bond acceptors (Lipinski definition) is 6. The molecule has 0 radical (unpaired) electrons. The fraction of sp³-hybridized carbons (Fsp3) is 0.368. The molecule has 1 amide bonds. The van der Waals surface area contributed by atoms with Gasteiger partial charge in [0.25, 0.3) is 5.91 Å². The van der Waals surface area contributed by atoms with Crippen molar-refractivity contribution in [2.24, 2.45) is 0 Å². The summed E-state index contributed by atoms with van der Waals surface area (Å²) in [6, 6.07) is 10.9. The van der Waals surface area contributed by atoms with Crippen molar-refractivity contribution in [3.63, 3.8) is 0 Å². The minimum Gasteiger partial charge on any atom is -0.454 e. The highest BCUT2D eigenvalue weighted by molar-refractivity contribution is 6.03. The fourth-order valence-corrected chi connectivity index (χ4v) is 3.24. The Morgan fingerprint density at radius 2 is 1.88 bits per heavy atom. The lowest BCUT2D eigenvalue weighted by molar-refractivity contribution is 0.102. The zero-order valence-corrected chi connectivity index (χ0v) is 14.3. The van der Waals surface area contributed by atoms with Crippen molar-refractivity contribution in [3.05, 3.63) is 42.1 Å². The first-order valence-corrected chi connectivity index (χ1v) is 8.80. The molecule has 0 spiro atoms. The number of aliphatic hydroxyl groups excluding tert-OH is 1. The molecule has 1 saturated carbocycles. The van der Waals surface area contributed by atoms with E-state index < -0.39 is 0 Å². The number of anilines is 2. The van der Waals surface area contributed by atoms with E-state index in [2.05, 4.69) is 15.6 Å². The molecule has 4 rings (SSSR count). The summed E-state index contributed by atoms with van der Waals surface area (Å²) in [5.41, 5.74) is 0.962. The number of nitrogens with zero attached hydrogens (tertiary/aromatic N) is 1. The van der Waals surface area contributed by atoms with Gasteiger partial charge in [0.05, 0.1) is 6.10 Å². The van der Waals surface area contributed by atoms with Crippen molar-refractivity contribution in [1.82, 2.24) is 4.98 Å². The second-order valence-electron chi connectivity index (χ2n) is 6.58. The Morgan fingerprint density at radius 1 is 1.08 bits per heavy atom. The van der Waals surface area contributed by atoms with Crippen LogP contribution in [0.25, 0.3) is 0 Å². The van der Waals surface area contributed by atoms with Gasteiger partial charge in [0.2, 0.25) is 6.79 Å². The second kappa shape index (κ2) is 7.21. The van der Waals surface area contributed by atoms with Crippen LogP contribution >= 0.6 is 0 Å². The van der Waals surface area contributed by atoms with Crippen LogP contribution in [0.5, 0.6) is 11.5 Å². The van der Waals surface area contributed by atoms with Gasteiger partial charge < -0.3 is 25.2 Å².